The van der Waals surface area contributed by atoms with Crippen molar-refractivity contribution in [2.75, 3.05) is 11.6 Å². The predicted molar refractivity (Wildman–Crippen MR) is 123 cm³/mol. The maximum Gasteiger partial charge on any atom is 0.573 e. The van der Waals surface area contributed by atoms with Gasteiger partial charge in [-0.3, -0.25) is 4.79 Å². The highest BCUT2D eigenvalue weighted by molar-refractivity contribution is 7.98. The highest BCUT2D eigenvalue weighted by Crippen LogP contribution is 2.28. The number of anilines is 1. The number of nitrogens with one attached hydrogen (secondary N) is 1. The molecule has 0 fully saturated rings. The number of carbonyl (C=O) groups excluding carboxylic acids is 1. The zero-order chi connectivity index (χ0) is 24.9. The molecule has 0 bridgehead atoms. The monoisotopic (exact) mass is 511 g/mol. The molecule has 3 rings (SSSR count). The fourth-order valence-electron chi connectivity index (χ4n) is 2.94. The molecule has 0 aromatic heterocycles. The smallest absolute Gasteiger partial charge is 0.507 e. The van der Waals surface area contributed by atoms with Gasteiger partial charge in [0, 0.05) is 22.6 Å². The molecular weight excluding hydrogens is 491 g/mol. The number of phenolic OH excluding ortho intramolecular Hbond substituents is 1. The molecule has 1 amide bonds. The Balaban J connectivity index is 1.53. The molecular formula is C23H20F3NO5S2. The van der Waals surface area contributed by atoms with E-state index in [-0.39, 0.29) is 28.7 Å². The molecule has 0 saturated carbocycles. The maximum absolute atomic E-state index is 12.3. The average Bonchev–Trinajstić information content (AvgIpc) is 2.74. The molecule has 180 valence electrons. The van der Waals surface area contributed by atoms with Crippen molar-refractivity contribution in [1.82, 2.24) is 0 Å². The van der Waals surface area contributed by atoms with Crippen LogP contribution in [0, 0.1) is 0 Å². The highest BCUT2D eigenvalue weighted by atomic mass is 32.2. The van der Waals surface area contributed by atoms with Gasteiger partial charge in [0.25, 0.3) is 0 Å². The molecule has 0 aliphatic heterocycles. The number of rotatable bonds is 8. The van der Waals surface area contributed by atoms with Gasteiger partial charge in [0.15, 0.2) is 9.84 Å². The van der Waals surface area contributed by atoms with Gasteiger partial charge in [0.05, 0.1) is 6.42 Å². The van der Waals surface area contributed by atoms with Gasteiger partial charge in [-0.2, -0.15) is 0 Å². The number of sulfone groups is 1. The van der Waals surface area contributed by atoms with E-state index in [2.05, 4.69) is 10.1 Å². The van der Waals surface area contributed by atoms with Gasteiger partial charge in [-0.05, 0) is 59.7 Å². The third-order valence-electron chi connectivity index (χ3n) is 4.49. The van der Waals surface area contributed by atoms with Crippen LogP contribution in [-0.4, -0.2) is 32.0 Å². The molecule has 0 atom stereocenters. The summed E-state index contributed by atoms with van der Waals surface area (Å²) in [5.74, 6) is -0.439. The van der Waals surface area contributed by atoms with Gasteiger partial charge in [-0.15, -0.1) is 24.9 Å². The average molecular weight is 512 g/mol. The highest BCUT2D eigenvalue weighted by Gasteiger charge is 2.30. The lowest BCUT2D eigenvalue weighted by atomic mass is 10.1. The molecule has 3 aromatic carbocycles. The first kappa shape index (κ1) is 25.4. The second kappa shape index (κ2) is 10.4. The summed E-state index contributed by atoms with van der Waals surface area (Å²) in [4.78, 5) is 12.9. The number of hydrogen-bond acceptors (Lipinski definition) is 6. The number of amides is 1. The molecule has 0 saturated heterocycles. The van der Waals surface area contributed by atoms with E-state index < -0.39 is 16.2 Å². The number of halogens is 3. The molecule has 0 spiro atoms. The first-order valence-electron chi connectivity index (χ1n) is 9.78. The molecule has 0 aliphatic rings. The molecule has 11 heteroatoms. The minimum atomic E-state index is -4.73. The van der Waals surface area contributed by atoms with E-state index in [4.69, 9.17) is 0 Å². The molecule has 0 heterocycles. The van der Waals surface area contributed by atoms with Gasteiger partial charge >= 0.3 is 6.36 Å². The molecule has 0 unspecified atom stereocenters. The Labute approximate surface area is 198 Å². The SMILES string of the molecule is CS(=O)(=O)c1cc(CC(=O)Nc2ccc(CSc3ccc(OC(F)(F)F)cc3)cc2)ccc1O. The summed E-state index contributed by atoms with van der Waals surface area (Å²) in [6, 6.07) is 16.6. The number of carbonyl (C=O) groups is 1. The Morgan fingerprint density at radius 1 is 1.00 bits per heavy atom. The first-order valence-corrected chi connectivity index (χ1v) is 12.7. The van der Waals surface area contributed by atoms with E-state index in [0.29, 0.717) is 17.0 Å². The van der Waals surface area contributed by atoms with Gasteiger partial charge < -0.3 is 15.2 Å². The van der Waals surface area contributed by atoms with Crippen LogP contribution in [0.4, 0.5) is 18.9 Å². The van der Waals surface area contributed by atoms with E-state index in [1.54, 1.807) is 24.3 Å². The summed E-state index contributed by atoms with van der Waals surface area (Å²) < 4.78 is 63.9. The van der Waals surface area contributed by atoms with Crippen molar-refractivity contribution in [3.8, 4) is 11.5 Å². The number of phenols is 1. The largest absolute Gasteiger partial charge is 0.573 e. The molecule has 2 N–H and O–H groups in total. The van der Waals surface area contributed by atoms with Crippen LogP contribution in [0.3, 0.4) is 0 Å². The zero-order valence-corrected chi connectivity index (χ0v) is 19.4. The van der Waals surface area contributed by atoms with Crippen molar-refractivity contribution in [3.63, 3.8) is 0 Å². The van der Waals surface area contributed by atoms with Crippen molar-refractivity contribution in [2.45, 2.75) is 28.3 Å². The van der Waals surface area contributed by atoms with E-state index in [1.165, 1.54) is 42.1 Å². The van der Waals surface area contributed by atoms with Crippen molar-refractivity contribution in [3.05, 3.63) is 77.9 Å². The van der Waals surface area contributed by atoms with Crippen LogP contribution in [0.5, 0.6) is 11.5 Å². The third-order valence-corrected chi connectivity index (χ3v) is 6.70. The summed E-state index contributed by atoms with van der Waals surface area (Å²) in [7, 11) is -3.63. The van der Waals surface area contributed by atoms with Gasteiger partial charge in [-0.1, -0.05) is 18.2 Å². The van der Waals surface area contributed by atoms with Crippen molar-refractivity contribution in [1.29, 1.82) is 0 Å². The summed E-state index contributed by atoms with van der Waals surface area (Å²) in [6.07, 6.45) is -3.83. The lowest BCUT2D eigenvalue weighted by Crippen LogP contribution is -2.16. The van der Waals surface area contributed by atoms with Crippen molar-refractivity contribution < 1.29 is 36.2 Å². The Morgan fingerprint density at radius 2 is 1.62 bits per heavy atom. The Morgan fingerprint density at radius 3 is 2.21 bits per heavy atom. The standard InChI is InChI=1S/C23H20F3NO5S2/c1-34(30,31)21-12-16(4-11-20(21)28)13-22(29)27-17-5-2-15(3-6-17)14-33-19-9-7-18(8-10-19)32-23(24,25)26/h2-12,28H,13-14H2,1H3,(H,27,29). The minimum Gasteiger partial charge on any atom is -0.507 e. The predicted octanol–water partition coefficient (Wildman–Crippen LogP) is 5.17. The Bertz CT molecular complexity index is 1260. The van der Waals surface area contributed by atoms with Gasteiger partial charge in [0.2, 0.25) is 5.91 Å². The van der Waals surface area contributed by atoms with Crippen molar-refractivity contribution in [2.24, 2.45) is 0 Å². The van der Waals surface area contributed by atoms with Crippen LogP contribution in [0.1, 0.15) is 11.1 Å². The quantitative estimate of drug-likeness (QED) is 0.406. The summed E-state index contributed by atoms with van der Waals surface area (Å²) in [5.41, 5.74) is 1.93. The fourth-order valence-corrected chi connectivity index (χ4v) is 4.61. The van der Waals surface area contributed by atoms with E-state index in [9.17, 15) is 31.5 Å². The van der Waals surface area contributed by atoms with Crippen LogP contribution in [-0.2, 0) is 26.8 Å². The number of thioether (sulfide) groups is 1. The van der Waals surface area contributed by atoms with Gasteiger partial charge in [0.1, 0.15) is 16.4 Å². The van der Waals surface area contributed by atoms with Crippen LogP contribution >= 0.6 is 11.8 Å². The Kier molecular flexibility index (Phi) is 7.78. The fraction of sp³-hybridized carbons (Fsp3) is 0.174. The lowest BCUT2D eigenvalue weighted by molar-refractivity contribution is -0.274. The van der Waals surface area contributed by atoms with Crippen LogP contribution < -0.4 is 10.1 Å². The molecule has 0 aliphatic carbocycles. The van der Waals surface area contributed by atoms with Gasteiger partial charge in [-0.25, -0.2) is 8.42 Å². The summed E-state index contributed by atoms with van der Waals surface area (Å²) in [5, 5.41) is 12.4. The maximum atomic E-state index is 12.3. The number of ether oxygens (including phenoxy) is 1. The molecule has 0 radical (unpaired) electrons. The first-order chi connectivity index (χ1) is 15.9. The number of hydrogen-bond donors (Lipinski definition) is 2. The number of benzene rings is 3. The normalized spacial score (nSPS) is 11.8. The summed E-state index contributed by atoms with van der Waals surface area (Å²) >= 11 is 1.43. The van der Waals surface area contributed by atoms with Crippen LogP contribution in [0.15, 0.2) is 76.5 Å². The topological polar surface area (TPSA) is 92.7 Å². The van der Waals surface area contributed by atoms with Crippen LogP contribution in [0.2, 0.25) is 0 Å². The van der Waals surface area contributed by atoms with Crippen molar-refractivity contribution >= 4 is 33.2 Å². The van der Waals surface area contributed by atoms with E-state index >= 15 is 0 Å². The number of aromatic hydroxyl groups is 1. The minimum absolute atomic E-state index is 0.0749. The summed E-state index contributed by atoms with van der Waals surface area (Å²) in [6.45, 7) is 0. The molecule has 34 heavy (non-hydrogen) atoms. The van der Waals surface area contributed by atoms with E-state index in [1.807, 2.05) is 12.1 Å². The second-order valence-corrected chi connectivity index (χ2v) is 10.3. The van der Waals surface area contributed by atoms with Crippen LogP contribution in [0.25, 0.3) is 0 Å². The second-order valence-electron chi connectivity index (χ2n) is 7.30. The molecule has 3 aromatic rings. The third kappa shape index (κ3) is 7.70. The number of alkyl halides is 3. The van der Waals surface area contributed by atoms with E-state index in [0.717, 1.165) is 16.7 Å². The zero-order valence-electron chi connectivity index (χ0n) is 17.8. The lowest BCUT2D eigenvalue weighted by Gasteiger charge is -2.10. The Hall–Kier alpha value is -3.18. The molecule has 6 nitrogen and oxygen atoms in total.